The average Bonchev–Trinajstić information content (AvgIpc) is 2.76. The molecule has 2 rings (SSSR count). The molecule has 0 saturated heterocycles. The van der Waals surface area contributed by atoms with Crippen molar-refractivity contribution in [1.82, 2.24) is 5.32 Å². The van der Waals surface area contributed by atoms with Crippen LogP contribution >= 0.6 is 11.8 Å². The average molecular weight is 251 g/mol. The number of thioether (sulfide) groups is 1. The van der Waals surface area contributed by atoms with Crippen LogP contribution in [-0.4, -0.2) is 24.0 Å². The van der Waals surface area contributed by atoms with Crippen molar-refractivity contribution < 1.29 is 5.11 Å². The van der Waals surface area contributed by atoms with Gasteiger partial charge in [-0.25, -0.2) is 0 Å². The molecule has 3 heteroatoms. The highest BCUT2D eigenvalue weighted by atomic mass is 32.2. The van der Waals surface area contributed by atoms with E-state index < -0.39 is 0 Å². The van der Waals surface area contributed by atoms with Crippen LogP contribution in [0.4, 0.5) is 0 Å². The maximum atomic E-state index is 9.44. The van der Waals surface area contributed by atoms with Crippen LogP contribution in [0, 0.1) is 5.92 Å². The summed E-state index contributed by atoms with van der Waals surface area (Å²) in [6.07, 6.45) is 5.16. The normalized spacial score (nSPS) is 24.1. The molecule has 0 aromatic heterocycles. The number of benzene rings is 1. The Kier molecular flexibility index (Phi) is 4.89. The van der Waals surface area contributed by atoms with Crippen molar-refractivity contribution in [1.29, 1.82) is 0 Å². The van der Waals surface area contributed by atoms with Gasteiger partial charge in [0, 0.05) is 11.4 Å². The standard InChI is InChI=1S/C14H21NOS/c1-17-14-6-3-11(4-7-14)9-15-10-12-2-5-13(16)8-12/h3-4,6-7,12-13,15-16H,2,5,8-10H2,1H3. The molecule has 0 spiro atoms. The first-order valence-electron chi connectivity index (χ1n) is 6.29. The topological polar surface area (TPSA) is 32.3 Å². The number of rotatable bonds is 5. The molecule has 1 fully saturated rings. The molecule has 2 nitrogen and oxygen atoms in total. The summed E-state index contributed by atoms with van der Waals surface area (Å²) in [6, 6.07) is 8.70. The molecule has 1 aliphatic carbocycles. The summed E-state index contributed by atoms with van der Waals surface area (Å²) < 4.78 is 0. The van der Waals surface area contributed by atoms with Crippen LogP contribution < -0.4 is 5.32 Å². The van der Waals surface area contributed by atoms with Crippen LogP contribution in [0.5, 0.6) is 0 Å². The van der Waals surface area contributed by atoms with Gasteiger partial charge in [0.15, 0.2) is 0 Å². The van der Waals surface area contributed by atoms with E-state index in [0.717, 1.165) is 25.9 Å². The second kappa shape index (κ2) is 6.43. The molecular weight excluding hydrogens is 230 g/mol. The van der Waals surface area contributed by atoms with Gasteiger partial charge in [0.05, 0.1) is 6.10 Å². The second-order valence-electron chi connectivity index (χ2n) is 4.81. The molecule has 2 N–H and O–H groups in total. The SMILES string of the molecule is CSc1ccc(CNCC2CCC(O)C2)cc1. The quantitative estimate of drug-likeness (QED) is 0.789. The largest absolute Gasteiger partial charge is 0.393 e. The summed E-state index contributed by atoms with van der Waals surface area (Å²) >= 11 is 1.77. The first kappa shape index (κ1) is 12.9. The summed E-state index contributed by atoms with van der Waals surface area (Å²) in [4.78, 5) is 1.31. The van der Waals surface area contributed by atoms with Crippen LogP contribution in [0.1, 0.15) is 24.8 Å². The van der Waals surface area contributed by atoms with Gasteiger partial charge in [-0.1, -0.05) is 12.1 Å². The van der Waals surface area contributed by atoms with Gasteiger partial charge in [-0.05, 0) is 55.7 Å². The fraction of sp³-hybridized carbons (Fsp3) is 0.571. The van der Waals surface area contributed by atoms with Crippen LogP contribution in [0.15, 0.2) is 29.2 Å². The summed E-state index contributed by atoms with van der Waals surface area (Å²) in [6.45, 7) is 1.96. The third kappa shape index (κ3) is 4.02. The Bertz CT molecular complexity index is 339. The predicted molar refractivity (Wildman–Crippen MR) is 73.3 cm³/mol. The van der Waals surface area contributed by atoms with Crippen molar-refractivity contribution in [3.63, 3.8) is 0 Å². The van der Waals surface area contributed by atoms with Gasteiger partial charge in [-0.2, -0.15) is 0 Å². The van der Waals surface area contributed by atoms with Crippen LogP contribution in [0.3, 0.4) is 0 Å². The van der Waals surface area contributed by atoms with Gasteiger partial charge in [0.2, 0.25) is 0 Å². The molecule has 0 heterocycles. The van der Waals surface area contributed by atoms with E-state index in [1.165, 1.54) is 16.9 Å². The van der Waals surface area contributed by atoms with Gasteiger partial charge in [0.25, 0.3) is 0 Å². The van der Waals surface area contributed by atoms with Crippen molar-refractivity contribution in [2.75, 3.05) is 12.8 Å². The highest BCUT2D eigenvalue weighted by molar-refractivity contribution is 7.98. The minimum Gasteiger partial charge on any atom is -0.393 e. The fourth-order valence-corrected chi connectivity index (χ4v) is 2.81. The maximum absolute atomic E-state index is 9.44. The van der Waals surface area contributed by atoms with Gasteiger partial charge in [-0.15, -0.1) is 11.8 Å². The van der Waals surface area contributed by atoms with Gasteiger partial charge in [-0.3, -0.25) is 0 Å². The molecule has 0 aliphatic heterocycles. The molecule has 1 aromatic rings. The Morgan fingerprint density at radius 1 is 1.29 bits per heavy atom. The zero-order chi connectivity index (χ0) is 12.1. The Hall–Kier alpha value is -0.510. The highest BCUT2D eigenvalue weighted by Gasteiger charge is 2.21. The van der Waals surface area contributed by atoms with Crippen molar-refractivity contribution in [3.8, 4) is 0 Å². The van der Waals surface area contributed by atoms with Crippen LogP contribution in [-0.2, 0) is 6.54 Å². The lowest BCUT2D eigenvalue weighted by Crippen LogP contribution is -2.21. The van der Waals surface area contributed by atoms with E-state index in [-0.39, 0.29) is 6.10 Å². The zero-order valence-corrected chi connectivity index (χ0v) is 11.2. The van der Waals surface area contributed by atoms with E-state index in [4.69, 9.17) is 0 Å². The lowest BCUT2D eigenvalue weighted by Gasteiger charge is -2.11. The minimum atomic E-state index is -0.0531. The summed E-state index contributed by atoms with van der Waals surface area (Å²) in [5, 5.41) is 12.9. The lowest BCUT2D eigenvalue weighted by atomic mass is 10.1. The smallest absolute Gasteiger partial charge is 0.0543 e. The van der Waals surface area contributed by atoms with E-state index in [2.05, 4.69) is 35.8 Å². The monoisotopic (exact) mass is 251 g/mol. The van der Waals surface area contributed by atoms with Crippen LogP contribution in [0.2, 0.25) is 0 Å². The third-order valence-electron chi connectivity index (χ3n) is 3.43. The highest BCUT2D eigenvalue weighted by Crippen LogP contribution is 2.24. The van der Waals surface area contributed by atoms with E-state index in [1.54, 1.807) is 11.8 Å². The van der Waals surface area contributed by atoms with Crippen LogP contribution in [0.25, 0.3) is 0 Å². The molecule has 1 aromatic carbocycles. The lowest BCUT2D eigenvalue weighted by molar-refractivity contribution is 0.177. The van der Waals surface area contributed by atoms with Crippen molar-refractivity contribution in [2.24, 2.45) is 5.92 Å². The van der Waals surface area contributed by atoms with E-state index in [9.17, 15) is 5.11 Å². The van der Waals surface area contributed by atoms with E-state index in [0.29, 0.717) is 5.92 Å². The number of aliphatic hydroxyl groups is 1. The summed E-state index contributed by atoms with van der Waals surface area (Å²) in [5.74, 6) is 0.662. The Morgan fingerprint density at radius 2 is 2.06 bits per heavy atom. The Morgan fingerprint density at radius 3 is 2.65 bits per heavy atom. The molecule has 17 heavy (non-hydrogen) atoms. The van der Waals surface area contributed by atoms with Crippen molar-refractivity contribution in [2.45, 2.75) is 36.8 Å². The first-order valence-corrected chi connectivity index (χ1v) is 7.52. The number of hydrogen-bond donors (Lipinski definition) is 2. The fourth-order valence-electron chi connectivity index (χ4n) is 2.40. The molecule has 1 saturated carbocycles. The molecule has 94 valence electrons. The van der Waals surface area contributed by atoms with Crippen molar-refractivity contribution in [3.05, 3.63) is 29.8 Å². The summed E-state index contributed by atoms with van der Waals surface area (Å²) in [5.41, 5.74) is 1.33. The molecule has 2 unspecified atom stereocenters. The summed E-state index contributed by atoms with van der Waals surface area (Å²) in [7, 11) is 0. The number of nitrogens with one attached hydrogen (secondary N) is 1. The predicted octanol–water partition coefficient (Wildman–Crippen LogP) is 2.66. The molecule has 2 atom stereocenters. The minimum absolute atomic E-state index is 0.0531. The third-order valence-corrected chi connectivity index (χ3v) is 4.18. The number of hydrogen-bond acceptors (Lipinski definition) is 3. The number of aliphatic hydroxyl groups excluding tert-OH is 1. The van der Waals surface area contributed by atoms with E-state index in [1.807, 2.05) is 0 Å². The van der Waals surface area contributed by atoms with Crippen molar-refractivity contribution >= 4 is 11.8 Å². The first-order chi connectivity index (χ1) is 8.28. The molecular formula is C14H21NOS. The zero-order valence-electron chi connectivity index (χ0n) is 10.4. The van der Waals surface area contributed by atoms with Gasteiger partial charge in [0.1, 0.15) is 0 Å². The molecule has 0 amide bonds. The molecule has 0 radical (unpaired) electrons. The maximum Gasteiger partial charge on any atom is 0.0543 e. The molecule has 1 aliphatic rings. The second-order valence-corrected chi connectivity index (χ2v) is 5.69. The van der Waals surface area contributed by atoms with Gasteiger partial charge >= 0.3 is 0 Å². The molecule has 0 bridgehead atoms. The van der Waals surface area contributed by atoms with E-state index >= 15 is 0 Å². The Labute approximate surface area is 108 Å². The Balaban J connectivity index is 1.70. The van der Waals surface area contributed by atoms with Gasteiger partial charge < -0.3 is 10.4 Å².